The van der Waals surface area contributed by atoms with Crippen LogP contribution in [0.25, 0.3) is 0 Å². The molecule has 6 heteroatoms. The first-order valence-electron chi connectivity index (χ1n) is 12.2. The van der Waals surface area contributed by atoms with Crippen molar-refractivity contribution in [2.45, 2.75) is 0 Å². The van der Waals surface area contributed by atoms with Crippen LogP contribution < -0.4 is 16.0 Å². The minimum atomic E-state index is -0.432. The largest absolute Gasteiger partial charge is 0.507 e. The number of hydrogen-bond acceptors (Lipinski definition) is 6. The van der Waals surface area contributed by atoms with Gasteiger partial charge in [-0.2, -0.15) is 0 Å². The lowest BCUT2D eigenvalue weighted by Crippen LogP contribution is -2.25. The summed E-state index contributed by atoms with van der Waals surface area (Å²) in [6.07, 6.45) is 0. The molecule has 5 aromatic carbocycles. The summed E-state index contributed by atoms with van der Waals surface area (Å²) in [5, 5.41) is 20.6. The predicted molar refractivity (Wildman–Crippen MR) is 151 cm³/mol. The number of ketones is 2. The lowest BCUT2D eigenvalue weighted by atomic mass is 9.80. The standard InChI is InChI=1S/C32H23N3O3/c36-26-19-18-25(35-22-14-8-3-9-15-22)29-30(26)32(38)28-24(34-21-12-6-2-7-13-21)17-16-23(27(28)31(29)37)33-20-10-4-1-5-11-20/h1-19,33-36H. The van der Waals surface area contributed by atoms with E-state index in [1.54, 1.807) is 18.2 Å². The van der Waals surface area contributed by atoms with Gasteiger partial charge in [0, 0.05) is 17.1 Å². The summed E-state index contributed by atoms with van der Waals surface area (Å²) in [6, 6.07) is 34.9. The number of aromatic hydroxyl groups is 1. The molecule has 5 aromatic rings. The molecule has 1 aliphatic carbocycles. The Morgan fingerprint density at radius 3 is 1.11 bits per heavy atom. The van der Waals surface area contributed by atoms with Crippen LogP contribution in [0.1, 0.15) is 31.8 Å². The maximum Gasteiger partial charge on any atom is 0.200 e. The van der Waals surface area contributed by atoms with Gasteiger partial charge in [0.1, 0.15) is 5.75 Å². The van der Waals surface area contributed by atoms with E-state index in [0.29, 0.717) is 17.1 Å². The molecule has 0 radical (unpaired) electrons. The molecule has 184 valence electrons. The fourth-order valence-electron chi connectivity index (χ4n) is 4.73. The zero-order valence-electron chi connectivity index (χ0n) is 20.2. The smallest absolute Gasteiger partial charge is 0.200 e. The second kappa shape index (κ2) is 9.59. The molecule has 0 bridgehead atoms. The van der Waals surface area contributed by atoms with Crippen LogP contribution in [0.4, 0.5) is 34.1 Å². The van der Waals surface area contributed by atoms with Crippen LogP contribution in [0.15, 0.2) is 115 Å². The Bertz CT molecular complexity index is 1670. The van der Waals surface area contributed by atoms with Crippen LogP contribution in [-0.2, 0) is 0 Å². The highest BCUT2D eigenvalue weighted by Crippen LogP contribution is 2.43. The van der Waals surface area contributed by atoms with E-state index in [4.69, 9.17) is 0 Å². The van der Waals surface area contributed by atoms with Crippen molar-refractivity contribution in [3.05, 3.63) is 138 Å². The summed E-state index contributed by atoms with van der Waals surface area (Å²) in [7, 11) is 0. The van der Waals surface area contributed by atoms with Gasteiger partial charge in [-0.05, 0) is 60.7 Å². The van der Waals surface area contributed by atoms with Gasteiger partial charge in [0.2, 0.25) is 0 Å². The number of benzene rings is 5. The number of carbonyl (C=O) groups excluding carboxylic acids is 2. The van der Waals surface area contributed by atoms with Crippen molar-refractivity contribution in [3.63, 3.8) is 0 Å². The quantitative estimate of drug-likeness (QED) is 0.179. The molecule has 6 rings (SSSR count). The van der Waals surface area contributed by atoms with Crippen molar-refractivity contribution in [1.82, 2.24) is 0 Å². The first-order valence-corrected chi connectivity index (χ1v) is 12.2. The van der Waals surface area contributed by atoms with E-state index in [-0.39, 0.29) is 33.8 Å². The van der Waals surface area contributed by atoms with Crippen molar-refractivity contribution < 1.29 is 14.7 Å². The van der Waals surface area contributed by atoms with Crippen LogP contribution in [-0.4, -0.2) is 16.7 Å². The van der Waals surface area contributed by atoms with Gasteiger partial charge in [-0.3, -0.25) is 9.59 Å². The Labute approximate surface area is 219 Å². The number of nitrogens with one attached hydrogen (secondary N) is 3. The summed E-state index contributed by atoms with van der Waals surface area (Å²) in [5.41, 5.74) is 4.31. The Balaban J connectivity index is 1.54. The predicted octanol–water partition coefficient (Wildman–Crippen LogP) is 7.40. The van der Waals surface area contributed by atoms with E-state index in [1.165, 1.54) is 6.07 Å². The first kappa shape index (κ1) is 23.1. The zero-order valence-corrected chi connectivity index (χ0v) is 20.2. The highest BCUT2D eigenvalue weighted by atomic mass is 16.3. The molecule has 1 aliphatic rings. The molecule has 0 aromatic heterocycles. The van der Waals surface area contributed by atoms with Crippen LogP contribution in [0.2, 0.25) is 0 Å². The van der Waals surface area contributed by atoms with Crippen LogP contribution in [0.5, 0.6) is 5.75 Å². The molecular weight excluding hydrogens is 474 g/mol. The fourth-order valence-corrected chi connectivity index (χ4v) is 4.73. The normalized spacial score (nSPS) is 11.9. The van der Waals surface area contributed by atoms with Gasteiger partial charge in [-0.1, -0.05) is 54.6 Å². The van der Waals surface area contributed by atoms with E-state index in [2.05, 4.69) is 16.0 Å². The zero-order chi connectivity index (χ0) is 26.1. The van der Waals surface area contributed by atoms with Gasteiger partial charge in [-0.25, -0.2) is 0 Å². The lowest BCUT2D eigenvalue weighted by molar-refractivity contribution is 0.0978. The maximum atomic E-state index is 14.3. The molecular formula is C32H23N3O3. The Morgan fingerprint density at radius 2 is 0.711 bits per heavy atom. The highest BCUT2D eigenvalue weighted by molar-refractivity contribution is 6.34. The number of phenols is 1. The van der Waals surface area contributed by atoms with Crippen LogP contribution in [0, 0.1) is 0 Å². The second-order valence-corrected chi connectivity index (χ2v) is 8.92. The van der Waals surface area contributed by atoms with Crippen molar-refractivity contribution in [2.75, 3.05) is 16.0 Å². The molecule has 0 atom stereocenters. The number of fused-ring (bicyclic) bond motifs is 2. The number of hydrogen-bond donors (Lipinski definition) is 4. The molecule has 0 spiro atoms. The van der Waals surface area contributed by atoms with Crippen molar-refractivity contribution in [1.29, 1.82) is 0 Å². The minimum Gasteiger partial charge on any atom is -0.507 e. The average Bonchev–Trinajstić information content (AvgIpc) is 2.95. The SMILES string of the molecule is O=C1c2c(O)ccc(Nc3ccccc3)c2C(=O)c2c(Nc3ccccc3)ccc(Nc3ccccc3)c21. The van der Waals surface area contributed by atoms with E-state index >= 15 is 0 Å². The summed E-state index contributed by atoms with van der Waals surface area (Å²) in [6.45, 7) is 0. The monoisotopic (exact) mass is 497 g/mol. The summed E-state index contributed by atoms with van der Waals surface area (Å²) >= 11 is 0. The summed E-state index contributed by atoms with van der Waals surface area (Å²) < 4.78 is 0. The van der Waals surface area contributed by atoms with Gasteiger partial charge in [0.25, 0.3) is 0 Å². The minimum absolute atomic E-state index is 0.0172. The van der Waals surface area contributed by atoms with E-state index in [9.17, 15) is 14.7 Å². The van der Waals surface area contributed by atoms with E-state index in [1.807, 2.05) is 91.0 Å². The van der Waals surface area contributed by atoms with Gasteiger partial charge in [0.15, 0.2) is 11.6 Å². The lowest BCUT2D eigenvalue weighted by Gasteiger charge is -2.26. The van der Waals surface area contributed by atoms with Gasteiger partial charge in [0.05, 0.1) is 39.3 Å². The van der Waals surface area contributed by atoms with Crippen molar-refractivity contribution in [3.8, 4) is 5.75 Å². The number of carbonyl (C=O) groups is 2. The topological polar surface area (TPSA) is 90.5 Å². The molecule has 4 N–H and O–H groups in total. The molecule has 0 fully saturated rings. The van der Waals surface area contributed by atoms with Gasteiger partial charge >= 0.3 is 0 Å². The fraction of sp³-hybridized carbons (Fsp3) is 0. The third-order valence-corrected chi connectivity index (χ3v) is 6.46. The number of anilines is 6. The molecule has 0 saturated carbocycles. The highest BCUT2D eigenvalue weighted by Gasteiger charge is 2.38. The average molecular weight is 498 g/mol. The Hall–Kier alpha value is -5.36. The van der Waals surface area contributed by atoms with Crippen molar-refractivity contribution in [2.24, 2.45) is 0 Å². The molecule has 0 saturated heterocycles. The number of phenolic OH excluding ortho intramolecular Hbond substituents is 1. The summed E-state index contributed by atoms with van der Waals surface area (Å²) in [4.78, 5) is 28.3. The van der Waals surface area contributed by atoms with Gasteiger partial charge in [-0.15, -0.1) is 0 Å². The third-order valence-electron chi connectivity index (χ3n) is 6.46. The molecule has 0 aliphatic heterocycles. The van der Waals surface area contributed by atoms with Crippen molar-refractivity contribution >= 4 is 45.7 Å². The van der Waals surface area contributed by atoms with E-state index < -0.39 is 5.78 Å². The molecule has 38 heavy (non-hydrogen) atoms. The van der Waals surface area contributed by atoms with Gasteiger partial charge < -0.3 is 21.1 Å². The maximum absolute atomic E-state index is 14.3. The molecule has 0 unspecified atom stereocenters. The Kier molecular flexibility index (Phi) is 5.82. The summed E-state index contributed by atoms with van der Waals surface area (Å²) in [5.74, 6) is -1.03. The first-order chi connectivity index (χ1) is 18.6. The number of para-hydroxylation sites is 3. The molecule has 6 nitrogen and oxygen atoms in total. The Morgan fingerprint density at radius 1 is 0.395 bits per heavy atom. The second-order valence-electron chi connectivity index (χ2n) is 8.92. The number of rotatable bonds is 6. The van der Waals surface area contributed by atoms with E-state index in [0.717, 1.165) is 17.1 Å². The molecule has 0 heterocycles. The van der Waals surface area contributed by atoms with Crippen LogP contribution in [0.3, 0.4) is 0 Å². The third kappa shape index (κ3) is 4.14. The van der Waals surface area contributed by atoms with Crippen LogP contribution >= 0.6 is 0 Å². The molecule has 0 amide bonds.